The minimum absolute atomic E-state index is 0.0284. The smallest absolute Gasteiger partial charge is 0.151 e. The minimum atomic E-state index is -0.0284. The van der Waals surface area contributed by atoms with E-state index in [1.165, 1.54) is 11.1 Å². The summed E-state index contributed by atoms with van der Waals surface area (Å²) in [5.74, 6) is 0.581. The number of hydrogen-bond donors (Lipinski definition) is 1. The molecule has 1 aliphatic heterocycles. The normalized spacial score (nSPS) is 13.3. The topological polar surface area (TPSA) is 70.8 Å². The van der Waals surface area contributed by atoms with Gasteiger partial charge in [-0.05, 0) is 50.1 Å². The summed E-state index contributed by atoms with van der Waals surface area (Å²) < 4.78 is 5.94. The first-order valence-corrected chi connectivity index (χ1v) is 9.84. The lowest BCUT2D eigenvalue weighted by atomic mass is 9.96. The summed E-state index contributed by atoms with van der Waals surface area (Å²) in [6, 6.07) is 14.1. The molecule has 6 heteroatoms. The van der Waals surface area contributed by atoms with Crippen molar-refractivity contribution in [2.45, 2.75) is 32.9 Å². The fourth-order valence-electron chi connectivity index (χ4n) is 3.33. The van der Waals surface area contributed by atoms with E-state index >= 15 is 0 Å². The SMILES string of the molecule is CC(C)Oc1c(C#N)cccc1-c1nnc(-c2cccc3c2CCNC3)s1. The monoisotopic (exact) mass is 376 g/mol. The second kappa shape index (κ2) is 7.47. The Morgan fingerprint density at radius 1 is 1.11 bits per heavy atom. The van der Waals surface area contributed by atoms with Gasteiger partial charge in [0.2, 0.25) is 0 Å². The maximum atomic E-state index is 9.45. The Balaban J connectivity index is 1.78. The third-order valence-corrected chi connectivity index (χ3v) is 5.50. The highest BCUT2D eigenvalue weighted by molar-refractivity contribution is 7.18. The van der Waals surface area contributed by atoms with Crippen LogP contribution in [0.2, 0.25) is 0 Å². The van der Waals surface area contributed by atoms with Crippen molar-refractivity contribution in [3.05, 3.63) is 53.1 Å². The van der Waals surface area contributed by atoms with Gasteiger partial charge in [-0.25, -0.2) is 0 Å². The summed E-state index contributed by atoms with van der Waals surface area (Å²) in [5.41, 5.74) is 5.16. The molecule has 136 valence electrons. The Morgan fingerprint density at radius 3 is 2.63 bits per heavy atom. The number of rotatable bonds is 4. The number of nitriles is 1. The third kappa shape index (κ3) is 3.44. The molecule has 0 aliphatic carbocycles. The van der Waals surface area contributed by atoms with Gasteiger partial charge in [-0.1, -0.05) is 35.6 Å². The van der Waals surface area contributed by atoms with E-state index in [2.05, 4.69) is 39.8 Å². The molecule has 2 heterocycles. The molecule has 2 aromatic carbocycles. The van der Waals surface area contributed by atoms with Gasteiger partial charge in [0.25, 0.3) is 0 Å². The van der Waals surface area contributed by atoms with Crippen molar-refractivity contribution in [1.82, 2.24) is 15.5 Å². The van der Waals surface area contributed by atoms with Crippen molar-refractivity contribution in [3.8, 4) is 33.0 Å². The van der Waals surface area contributed by atoms with Crippen LogP contribution in [0.1, 0.15) is 30.5 Å². The van der Waals surface area contributed by atoms with Crippen LogP contribution >= 0.6 is 11.3 Å². The van der Waals surface area contributed by atoms with E-state index < -0.39 is 0 Å². The zero-order chi connectivity index (χ0) is 18.8. The van der Waals surface area contributed by atoms with Gasteiger partial charge in [-0.3, -0.25) is 0 Å². The predicted molar refractivity (Wildman–Crippen MR) is 107 cm³/mol. The molecule has 0 saturated heterocycles. The molecule has 1 N–H and O–H groups in total. The lowest BCUT2D eigenvalue weighted by molar-refractivity contribution is 0.243. The fourth-order valence-corrected chi connectivity index (χ4v) is 4.25. The maximum Gasteiger partial charge on any atom is 0.151 e. The Hall–Kier alpha value is -2.75. The third-order valence-electron chi connectivity index (χ3n) is 4.52. The zero-order valence-corrected chi connectivity index (χ0v) is 16.1. The summed E-state index contributed by atoms with van der Waals surface area (Å²) in [6.07, 6.45) is 0.964. The van der Waals surface area contributed by atoms with Gasteiger partial charge in [-0.2, -0.15) is 5.26 Å². The molecule has 0 atom stereocenters. The van der Waals surface area contributed by atoms with Crippen LogP contribution in [-0.2, 0) is 13.0 Å². The molecule has 0 saturated carbocycles. The maximum absolute atomic E-state index is 9.45. The number of fused-ring (bicyclic) bond motifs is 1. The van der Waals surface area contributed by atoms with Crippen LogP contribution in [0, 0.1) is 11.3 Å². The van der Waals surface area contributed by atoms with Crippen LogP contribution in [0.15, 0.2) is 36.4 Å². The molecule has 1 aliphatic rings. The first kappa shape index (κ1) is 17.7. The largest absolute Gasteiger partial charge is 0.489 e. The van der Waals surface area contributed by atoms with E-state index in [1.54, 1.807) is 17.4 Å². The van der Waals surface area contributed by atoms with Gasteiger partial charge in [0.15, 0.2) is 5.01 Å². The standard InChI is InChI=1S/C21H20N4OS/c1-13(2)26-19-14(11-22)5-3-8-18(19)21-25-24-20(27-21)17-7-4-6-15-12-23-10-9-16(15)17/h3-8,13,23H,9-10,12H2,1-2H3. The number of aromatic nitrogens is 2. The molecule has 4 rings (SSSR count). The lowest BCUT2D eigenvalue weighted by Gasteiger charge is -2.19. The van der Waals surface area contributed by atoms with Crippen molar-refractivity contribution in [2.75, 3.05) is 6.54 Å². The van der Waals surface area contributed by atoms with Crippen molar-refractivity contribution in [2.24, 2.45) is 0 Å². The molecule has 0 fully saturated rings. The number of nitrogens with one attached hydrogen (secondary N) is 1. The molecule has 0 unspecified atom stereocenters. The fraction of sp³-hybridized carbons (Fsp3) is 0.286. The van der Waals surface area contributed by atoms with E-state index in [1.807, 2.05) is 26.0 Å². The number of hydrogen-bond acceptors (Lipinski definition) is 6. The summed E-state index contributed by atoms with van der Waals surface area (Å²) in [7, 11) is 0. The van der Waals surface area contributed by atoms with E-state index in [9.17, 15) is 5.26 Å². The Bertz CT molecular complexity index is 1020. The highest BCUT2D eigenvalue weighted by atomic mass is 32.1. The molecular weight excluding hydrogens is 356 g/mol. The first-order valence-electron chi connectivity index (χ1n) is 9.03. The first-order chi connectivity index (χ1) is 13.2. The molecule has 27 heavy (non-hydrogen) atoms. The molecule has 5 nitrogen and oxygen atoms in total. The average molecular weight is 376 g/mol. The minimum Gasteiger partial charge on any atom is -0.489 e. The summed E-state index contributed by atoms with van der Waals surface area (Å²) in [4.78, 5) is 0. The molecule has 1 aromatic heterocycles. The highest BCUT2D eigenvalue weighted by Gasteiger charge is 2.20. The van der Waals surface area contributed by atoms with E-state index in [4.69, 9.17) is 4.74 Å². The van der Waals surface area contributed by atoms with Gasteiger partial charge in [0, 0.05) is 12.1 Å². The molecule has 3 aromatic rings. The van der Waals surface area contributed by atoms with Gasteiger partial charge < -0.3 is 10.1 Å². The molecular formula is C21H20N4OS. The van der Waals surface area contributed by atoms with E-state index in [0.29, 0.717) is 11.3 Å². The highest BCUT2D eigenvalue weighted by Crippen LogP contribution is 2.39. The van der Waals surface area contributed by atoms with Crippen LogP contribution in [0.3, 0.4) is 0 Å². The van der Waals surface area contributed by atoms with Gasteiger partial charge in [-0.15, -0.1) is 10.2 Å². The Kier molecular flexibility index (Phi) is 4.88. The number of nitrogens with zero attached hydrogens (tertiary/aromatic N) is 3. The lowest BCUT2D eigenvalue weighted by Crippen LogP contribution is -2.23. The number of ether oxygens (including phenoxy) is 1. The van der Waals surface area contributed by atoms with Crippen molar-refractivity contribution < 1.29 is 4.74 Å². The zero-order valence-electron chi connectivity index (χ0n) is 15.3. The van der Waals surface area contributed by atoms with Crippen LogP contribution < -0.4 is 10.1 Å². The van der Waals surface area contributed by atoms with Crippen LogP contribution in [0.5, 0.6) is 5.75 Å². The Morgan fingerprint density at radius 2 is 1.85 bits per heavy atom. The number of benzene rings is 2. The quantitative estimate of drug-likeness (QED) is 0.740. The van der Waals surface area contributed by atoms with Crippen LogP contribution in [-0.4, -0.2) is 22.8 Å². The van der Waals surface area contributed by atoms with E-state index in [0.717, 1.165) is 40.7 Å². The van der Waals surface area contributed by atoms with Crippen molar-refractivity contribution in [3.63, 3.8) is 0 Å². The summed E-state index contributed by atoms with van der Waals surface area (Å²) >= 11 is 1.54. The Labute approximate surface area is 162 Å². The summed E-state index contributed by atoms with van der Waals surface area (Å²) in [6.45, 7) is 5.78. The van der Waals surface area contributed by atoms with E-state index in [-0.39, 0.29) is 6.10 Å². The van der Waals surface area contributed by atoms with Crippen LogP contribution in [0.25, 0.3) is 21.1 Å². The second-order valence-corrected chi connectivity index (χ2v) is 7.72. The van der Waals surface area contributed by atoms with Gasteiger partial charge in [0.05, 0.1) is 17.2 Å². The average Bonchev–Trinajstić information content (AvgIpc) is 3.17. The molecule has 0 spiro atoms. The molecule has 0 amide bonds. The van der Waals surface area contributed by atoms with Crippen molar-refractivity contribution >= 4 is 11.3 Å². The predicted octanol–water partition coefficient (Wildman–Crippen LogP) is 4.18. The van der Waals surface area contributed by atoms with Gasteiger partial charge >= 0.3 is 0 Å². The molecule has 0 radical (unpaired) electrons. The second-order valence-electron chi connectivity index (χ2n) is 6.74. The van der Waals surface area contributed by atoms with Crippen LogP contribution in [0.4, 0.5) is 0 Å². The summed E-state index contributed by atoms with van der Waals surface area (Å²) in [5, 5.41) is 23.4. The van der Waals surface area contributed by atoms with Gasteiger partial charge in [0.1, 0.15) is 16.8 Å². The van der Waals surface area contributed by atoms with Crippen molar-refractivity contribution in [1.29, 1.82) is 5.26 Å². The number of para-hydroxylation sites is 1. The molecule has 0 bridgehead atoms.